The summed E-state index contributed by atoms with van der Waals surface area (Å²) in [4.78, 5) is 0. The normalized spacial score (nSPS) is 24.3. The van der Waals surface area contributed by atoms with Crippen LogP contribution in [0.25, 0.3) is 0 Å². The molecule has 1 atom stereocenters. The Bertz CT molecular complexity index is 89.6. The predicted molar refractivity (Wildman–Crippen MR) is 53.3 cm³/mol. The maximum absolute atomic E-state index is 3.39. The Morgan fingerprint density at radius 2 is 2.36 bits per heavy atom. The second kappa shape index (κ2) is 5.90. The van der Waals surface area contributed by atoms with Gasteiger partial charge in [-0.2, -0.15) is 11.8 Å². The topological polar surface area (TPSA) is 12.0 Å². The van der Waals surface area contributed by atoms with E-state index in [0.29, 0.717) is 0 Å². The van der Waals surface area contributed by atoms with Crippen LogP contribution in [0.5, 0.6) is 0 Å². The highest BCUT2D eigenvalue weighted by atomic mass is 32.2. The number of hydrogen-bond donors (Lipinski definition) is 1. The van der Waals surface area contributed by atoms with E-state index in [2.05, 4.69) is 24.0 Å². The van der Waals surface area contributed by atoms with E-state index >= 15 is 0 Å². The van der Waals surface area contributed by atoms with Gasteiger partial charge >= 0.3 is 0 Å². The lowest BCUT2D eigenvalue weighted by Gasteiger charge is -2.06. The van der Waals surface area contributed by atoms with Crippen molar-refractivity contribution in [2.45, 2.75) is 37.9 Å². The van der Waals surface area contributed by atoms with Crippen LogP contribution in [0.1, 0.15) is 32.6 Å². The smallest absolute Gasteiger partial charge is 0.0184 e. The Kier molecular flexibility index (Phi) is 5.04. The molecule has 1 rings (SSSR count). The van der Waals surface area contributed by atoms with Gasteiger partial charge in [0.2, 0.25) is 0 Å². The molecule has 1 N–H and O–H groups in total. The van der Waals surface area contributed by atoms with E-state index in [9.17, 15) is 0 Å². The van der Waals surface area contributed by atoms with Gasteiger partial charge in [-0.3, -0.25) is 0 Å². The van der Waals surface area contributed by atoms with Crippen molar-refractivity contribution in [3.8, 4) is 0 Å². The van der Waals surface area contributed by atoms with Crippen LogP contribution in [-0.4, -0.2) is 24.1 Å². The zero-order chi connectivity index (χ0) is 7.94. The standard InChI is InChI=1S/C9H19NS/c1-2-3-4-7-11-9-5-6-10-8-9/h9-10H,2-8H2,1H3. The minimum Gasteiger partial charge on any atom is -0.316 e. The summed E-state index contributed by atoms with van der Waals surface area (Å²) in [5.74, 6) is 1.38. The SMILES string of the molecule is CCCCCSC1CCNC1. The average Bonchev–Trinajstić information content (AvgIpc) is 2.50. The van der Waals surface area contributed by atoms with Gasteiger partial charge in [0.1, 0.15) is 0 Å². The fourth-order valence-corrected chi connectivity index (χ4v) is 2.60. The number of rotatable bonds is 5. The molecular formula is C9H19NS. The monoisotopic (exact) mass is 173 g/mol. The highest BCUT2D eigenvalue weighted by Crippen LogP contribution is 2.18. The van der Waals surface area contributed by atoms with Crippen LogP contribution in [0.3, 0.4) is 0 Å². The Morgan fingerprint density at radius 1 is 1.45 bits per heavy atom. The van der Waals surface area contributed by atoms with Crippen molar-refractivity contribution in [1.29, 1.82) is 0 Å². The van der Waals surface area contributed by atoms with Crippen LogP contribution in [0.15, 0.2) is 0 Å². The van der Waals surface area contributed by atoms with E-state index < -0.39 is 0 Å². The third kappa shape index (κ3) is 4.02. The van der Waals surface area contributed by atoms with Crippen molar-refractivity contribution in [3.63, 3.8) is 0 Å². The first kappa shape index (κ1) is 9.40. The van der Waals surface area contributed by atoms with E-state index in [1.54, 1.807) is 0 Å². The number of nitrogens with one attached hydrogen (secondary N) is 1. The molecule has 0 aromatic carbocycles. The van der Waals surface area contributed by atoms with Crippen LogP contribution in [0, 0.1) is 0 Å². The average molecular weight is 173 g/mol. The molecule has 0 bridgehead atoms. The molecule has 66 valence electrons. The van der Waals surface area contributed by atoms with E-state index in [-0.39, 0.29) is 0 Å². The van der Waals surface area contributed by atoms with Gasteiger partial charge in [-0.1, -0.05) is 19.8 Å². The highest BCUT2D eigenvalue weighted by Gasteiger charge is 2.13. The van der Waals surface area contributed by atoms with Crippen molar-refractivity contribution >= 4 is 11.8 Å². The predicted octanol–water partition coefficient (Wildman–Crippen LogP) is 2.27. The van der Waals surface area contributed by atoms with Gasteiger partial charge in [0, 0.05) is 11.8 Å². The molecule has 1 aliphatic heterocycles. The van der Waals surface area contributed by atoms with Gasteiger partial charge in [-0.05, 0) is 25.1 Å². The number of hydrogen-bond acceptors (Lipinski definition) is 2. The highest BCUT2D eigenvalue weighted by molar-refractivity contribution is 7.99. The molecule has 1 heterocycles. The molecule has 0 saturated carbocycles. The number of thioether (sulfide) groups is 1. The summed E-state index contributed by atoms with van der Waals surface area (Å²) in [7, 11) is 0. The molecule has 1 fully saturated rings. The molecule has 0 radical (unpaired) electrons. The Hall–Kier alpha value is 0.310. The van der Waals surface area contributed by atoms with Crippen molar-refractivity contribution in [1.82, 2.24) is 5.32 Å². The minimum absolute atomic E-state index is 0.923. The third-order valence-corrected chi connectivity index (χ3v) is 3.51. The first-order valence-corrected chi connectivity index (χ1v) is 5.80. The molecule has 0 aliphatic carbocycles. The Labute approximate surface area is 74.3 Å². The van der Waals surface area contributed by atoms with Crippen LogP contribution in [-0.2, 0) is 0 Å². The third-order valence-electron chi connectivity index (χ3n) is 2.12. The summed E-state index contributed by atoms with van der Waals surface area (Å²) in [6, 6.07) is 0. The second-order valence-corrected chi connectivity index (χ2v) is 4.60. The fourth-order valence-electron chi connectivity index (χ4n) is 1.37. The van der Waals surface area contributed by atoms with Crippen LogP contribution in [0.4, 0.5) is 0 Å². The van der Waals surface area contributed by atoms with Gasteiger partial charge < -0.3 is 5.32 Å². The molecule has 11 heavy (non-hydrogen) atoms. The van der Waals surface area contributed by atoms with Crippen molar-refractivity contribution in [2.24, 2.45) is 0 Å². The van der Waals surface area contributed by atoms with E-state index in [1.807, 2.05) is 0 Å². The van der Waals surface area contributed by atoms with Gasteiger partial charge in [-0.25, -0.2) is 0 Å². The Balaban J connectivity index is 1.86. The summed E-state index contributed by atoms with van der Waals surface area (Å²) < 4.78 is 0. The lowest BCUT2D eigenvalue weighted by molar-refractivity contribution is 0.776. The zero-order valence-electron chi connectivity index (χ0n) is 7.44. The lowest BCUT2D eigenvalue weighted by atomic mass is 10.3. The van der Waals surface area contributed by atoms with Crippen LogP contribution in [0.2, 0.25) is 0 Å². The molecule has 0 aromatic rings. The van der Waals surface area contributed by atoms with Crippen molar-refractivity contribution in [2.75, 3.05) is 18.8 Å². The first-order valence-electron chi connectivity index (χ1n) is 4.76. The fraction of sp³-hybridized carbons (Fsp3) is 1.00. The van der Waals surface area contributed by atoms with Gasteiger partial charge in [0.05, 0.1) is 0 Å². The molecule has 0 spiro atoms. The molecule has 1 unspecified atom stereocenters. The van der Waals surface area contributed by atoms with E-state index in [1.165, 1.54) is 44.5 Å². The first-order chi connectivity index (χ1) is 5.43. The maximum atomic E-state index is 3.39. The molecular weight excluding hydrogens is 154 g/mol. The van der Waals surface area contributed by atoms with Gasteiger partial charge in [0.25, 0.3) is 0 Å². The second-order valence-electron chi connectivity index (χ2n) is 3.19. The molecule has 1 saturated heterocycles. The minimum atomic E-state index is 0.923. The molecule has 1 aliphatic rings. The van der Waals surface area contributed by atoms with Crippen molar-refractivity contribution < 1.29 is 0 Å². The maximum Gasteiger partial charge on any atom is 0.0184 e. The van der Waals surface area contributed by atoms with E-state index in [4.69, 9.17) is 0 Å². The van der Waals surface area contributed by atoms with Crippen molar-refractivity contribution in [3.05, 3.63) is 0 Å². The molecule has 0 amide bonds. The lowest BCUT2D eigenvalue weighted by Crippen LogP contribution is -2.10. The van der Waals surface area contributed by atoms with Gasteiger partial charge in [0.15, 0.2) is 0 Å². The summed E-state index contributed by atoms with van der Waals surface area (Å²) in [6.45, 7) is 4.75. The molecule has 1 nitrogen and oxygen atoms in total. The summed E-state index contributed by atoms with van der Waals surface area (Å²) in [5.41, 5.74) is 0. The summed E-state index contributed by atoms with van der Waals surface area (Å²) in [5, 5.41) is 4.32. The van der Waals surface area contributed by atoms with E-state index in [0.717, 1.165) is 5.25 Å². The van der Waals surface area contributed by atoms with Gasteiger partial charge in [-0.15, -0.1) is 0 Å². The van der Waals surface area contributed by atoms with Crippen LogP contribution >= 0.6 is 11.8 Å². The zero-order valence-corrected chi connectivity index (χ0v) is 8.25. The summed E-state index contributed by atoms with van der Waals surface area (Å²) >= 11 is 2.16. The Morgan fingerprint density at radius 3 is 3.00 bits per heavy atom. The van der Waals surface area contributed by atoms with Crippen LogP contribution < -0.4 is 5.32 Å². The summed E-state index contributed by atoms with van der Waals surface area (Å²) in [6.07, 6.45) is 5.56. The number of unbranched alkanes of at least 4 members (excludes halogenated alkanes) is 2. The quantitative estimate of drug-likeness (QED) is 0.640. The molecule has 2 heteroatoms. The molecule has 0 aromatic heterocycles. The largest absolute Gasteiger partial charge is 0.316 e.